The molecule has 3 rings (SSSR count). The zero-order valence-electron chi connectivity index (χ0n) is 12.7. The summed E-state index contributed by atoms with van der Waals surface area (Å²) in [6, 6.07) is 6.12. The molecule has 0 aliphatic carbocycles. The molecule has 0 radical (unpaired) electrons. The van der Waals surface area contributed by atoms with Gasteiger partial charge in [0.2, 0.25) is 5.91 Å². The number of aliphatic carboxylic acids is 1. The predicted molar refractivity (Wildman–Crippen MR) is 87.8 cm³/mol. The molecule has 6 nitrogen and oxygen atoms in total. The number of thioether (sulfide) groups is 1. The van der Waals surface area contributed by atoms with Gasteiger partial charge in [-0.25, -0.2) is 4.79 Å². The van der Waals surface area contributed by atoms with Crippen LogP contribution in [0.15, 0.2) is 23.1 Å². The Hall–Kier alpha value is -1.57. The highest BCUT2D eigenvalue weighted by molar-refractivity contribution is 8.00. The van der Waals surface area contributed by atoms with Crippen molar-refractivity contribution in [3.05, 3.63) is 23.8 Å². The Kier molecular flexibility index (Phi) is 4.61. The Balaban J connectivity index is 1.55. The Labute approximate surface area is 138 Å². The average molecular weight is 336 g/mol. The van der Waals surface area contributed by atoms with E-state index in [4.69, 9.17) is 5.11 Å². The maximum atomic E-state index is 11.4. The van der Waals surface area contributed by atoms with Crippen molar-refractivity contribution in [2.24, 2.45) is 0 Å². The summed E-state index contributed by atoms with van der Waals surface area (Å²) >= 11 is 1.55. The second kappa shape index (κ2) is 6.51. The van der Waals surface area contributed by atoms with Gasteiger partial charge in [0.1, 0.15) is 0 Å². The van der Waals surface area contributed by atoms with E-state index in [1.807, 2.05) is 12.1 Å². The third kappa shape index (κ3) is 3.68. The lowest BCUT2D eigenvalue weighted by Crippen LogP contribution is -2.49. The molecule has 0 saturated carbocycles. The number of fused-ring (bicyclic) bond motifs is 1. The van der Waals surface area contributed by atoms with Crippen LogP contribution in [0.1, 0.15) is 18.4 Å². The molecule has 23 heavy (non-hydrogen) atoms. The summed E-state index contributed by atoms with van der Waals surface area (Å²) in [5.74, 6) is -0.629. The van der Waals surface area contributed by atoms with Crippen molar-refractivity contribution >= 4 is 29.3 Å². The smallest absolute Gasteiger partial charge is 0.335 e. The third-order valence-electron chi connectivity index (χ3n) is 4.47. The van der Waals surface area contributed by atoms with E-state index in [9.17, 15) is 14.7 Å². The van der Waals surface area contributed by atoms with Gasteiger partial charge in [0.15, 0.2) is 5.60 Å². The number of nitrogens with one attached hydrogen (secondary N) is 1. The van der Waals surface area contributed by atoms with Crippen LogP contribution < -0.4 is 5.32 Å². The summed E-state index contributed by atoms with van der Waals surface area (Å²) in [6.07, 6.45) is 1.36. The van der Waals surface area contributed by atoms with Crippen molar-refractivity contribution in [1.29, 1.82) is 0 Å². The minimum atomic E-state index is -1.57. The van der Waals surface area contributed by atoms with Crippen molar-refractivity contribution in [2.75, 3.05) is 30.7 Å². The van der Waals surface area contributed by atoms with Crippen molar-refractivity contribution in [3.63, 3.8) is 0 Å². The first-order chi connectivity index (χ1) is 11.0. The van der Waals surface area contributed by atoms with E-state index in [2.05, 4.69) is 16.3 Å². The maximum Gasteiger partial charge on any atom is 0.335 e. The van der Waals surface area contributed by atoms with E-state index in [1.54, 1.807) is 11.8 Å². The molecule has 0 bridgehead atoms. The first-order valence-corrected chi connectivity index (χ1v) is 8.68. The van der Waals surface area contributed by atoms with Crippen LogP contribution in [0.2, 0.25) is 0 Å². The van der Waals surface area contributed by atoms with Crippen molar-refractivity contribution in [3.8, 4) is 0 Å². The number of nitrogens with zero attached hydrogens (tertiary/aromatic N) is 1. The van der Waals surface area contributed by atoms with E-state index in [0.717, 1.165) is 29.1 Å². The number of rotatable bonds is 4. The monoisotopic (exact) mass is 336 g/mol. The number of hydrogen-bond donors (Lipinski definition) is 3. The van der Waals surface area contributed by atoms with Crippen LogP contribution in [0.4, 0.5) is 5.69 Å². The first-order valence-electron chi connectivity index (χ1n) is 7.70. The van der Waals surface area contributed by atoms with E-state index in [-0.39, 0.29) is 18.7 Å². The highest BCUT2D eigenvalue weighted by Crippen LogP contribution is 2.32. The highest BCUT2D eigenvalue weighted by atomic mass is 32.2. The molecule has 0 atom stereocenters. The average Bonchev–Trinajstić information content (AvgIpc) is 2.54. The van der Waals surface area contributed by atoms with Gasteiger partial charge in [-0.15, -0.1) is 11.8 Å². The summed E-state index contributed by atoms with van der Waals surface area (Å²) < 4.78 is 0. The lowest BCUT2D eigenvalue weighted by Gasteiger charge is -2.35. The van der Waals surface area contributed by atoms with Gasteiger partial charge < -0.3 is 20.4 Å². The number of carboxylic acids is 1. The number of likely N-dealkylation sites (tertiary alicyclic amines) is 1. The molecular formula is C16H20N2O4S. The van der Waals surface area contributed by atoms with E-state index in [1.165, 1.54) is 0 Å². The largest absolute Gasteiger partial charge is 0.479 e. The summed E-state index contributed by atoms with van der Waals surface area (Å²) in [7, 11) is 0. The van der Waals surface area contributed by atoms with Crippen LogP contribution in [0.5, 0.6) is 0 Å². The molecule has 2 aliphatic heterocycles. The molecule has 3 N–H and O–H groups in total. The highest BCUT2D eigenvalue weighted by Gasteiger charge is 2.39. The predicted octanol–water partition coefficient (Wildman–Crippen LogP) is 1.18. The summed E-state index contributed by atoms with van der Waals surface area (Å²) in [5, 5.41) is 21.9. The number of amides is 1. The van der Waals surface area contributed by atoms with Crippen LogP contribution in [0.3, 0.4) is 0 Å². The number of carboxylic acid groups (broad SMARTS) is 1. The molecular weight excluding hydrogens is 316 g/mol. The maximum absolute atomic E-state index is 11.4. The molecule has 1 aromatic rings. The van der Waals surface area contributed by atoms with Crippen molar-refractivity contribution < 1.29 is 19.8 Å². The molecule has 0 spiro atoms. The number of aliphatic hydroxyl groups is 1. The molecule has 2 aliphatic rings. The molecule has 7 heteroatoms. The van der Waals surface area contributed by atoms with E-state index < -0.39 is 11.6 Å². The number of piperidine rings is 1. The molecule has 0 unspecified atom stereocenters. The van der Waals surface area contributed by atoms with Gasteiger partial charge >= 0.3 is 5.97 Å². The van der Waals surface area contributed by atoms with Crippen molar-refractivity contribution in [2.45, 2.75) is 29.8 Å². The SMILES string of the molecule is O=C1CSc2ccc(CCN3CCC(O)(C(=O)O)CC3)cc2N1. The standard InChI is InChI=1S/C16H20N2O4S/c19-14-10-23-13-2-1-11(9-12(13)17-14)3-6-18-7-4-16(22,5-8-18)15(20)21/h1-2,9,22H,3-8,10H2,(H,17,19)(H,20,21). The van der Waals surface area contributed by atoms with E-state index in [0.29, 0.717) is 18.8 Å². The molecule has 1 amide bonds. The lowest BCUT2D eigenvalue weighted by molar-refractivity contribution is -0.163. The van der Waals surface area contributed by atoms with Gasteiger partial charge in [-0.2, -0.15) is 0 Å². The lowest BCUT2D eigenvalue weighted by atomic mass is 9.91. The van der Waals surface area contributed by atoms with Gasteiger partial charge in [0.05, 0.1) is 11.4 Å². The van der Waals surface area contributed by atoms with Crippen LogP contribution in [0.25, 0.3) is 0 Å². The van der Waals surface area contributed by atoms with Crippen LogP contribution in [-0.2, 0) is 16.0 Å². The van der Waals surface area contributed by atoms with Gasteiger partial charge in [-0.3, -0.25) is 4.79 Å². The molecule has 2 heterocycles. The summed E-state index contributed by atoms with van der Waals surface area (Å²) in [5.41, 5.74) is 0.456. The molecule has 124 valence electrons. The Morgan fingerprint density at radius 3 is 2.78 bits per heavy atom. The fourth-order valence-corrected chi connectivity index (χ4v) is 3.72. The normalized spacial score (nSPS) is 20.7. The van der Waals surface area contributed by atoms with Gasteiger partial charge in [0, 0.05) is 24.5 Å². The van der Waals surface area contributed by atoms with Gasteiger partial charge in [0.25, 0.3) is 0 Å². The summed E-state index contributed by atoms with van der Waals surface area (Å²) in [4.78, 5) is 25.7. The van der Waals surface area contributed by atoms with Gasteiger partial charge in [-0.05, 0) is 37.0 Å². The van der Waals surface area contributed by atoms with Gasteiger partial charge in [-0.1, -0.05) is 6.07 Å². The quantitative estimate of drug-likeness (QED) is 0.765. The number of benzene rings is 1. The second-order valence-electron chi connectivity index (χ2n) is 6.10. The minimum absolute atomic E-state index is 0.0311. The van der Waals surface area contributed by atoms with Crippen LogP contribution >= 0.6 is 11.8 Å². The number of hydrogen-bond acceptors (Lipinski definition) is 5. The fraction of sp³-hybridized carbons (Fsp3) is 0.500. The minimum Gasteiger partial charge on any atom is -0.479 e. The Morgan fingerprint density at radius 2 is 2.09 bits per heavy atom. The zero-order valence-corrected chi connectivity index (χ0v) is 13.6. The molecule has 1 fully saturated rings. The topological polar surface area (TPSA) is 89.9 Å². The number of anilines is 1. The second-order valence-corrected chi connectivity index (χ2v) is 7.11. The third-order valence-corrected chi connectivity index (χ3v) is 5.55. The molecule has 1 aromatic carbocycles. The Morgan fingerprint density at radius 1 is 1.35 bits per heavy atom. The molecule has 1 saturated heterocycles. The van der Waals surface area contributed by atoms with E-state index >= 15 is 0 Å². The van der Waals surface area contributed by atoms with Crippen LogP contribution in [0, 0.1) is 0 Å². The summed E-state index contributed by atoms with van der Waals surface area (Å²) in [6.45, 7) is 1.98. The molecule has 0 aromatic heterocycles. The fourth-order valence-electron chi connectivity index (χ4n) is 2.93. The van der Waals surface area contributed by atoms with Crippen LogP contribution in [-0.4, -0.2) is 58.0 Å². The Bertz CT molecular complexity index is 627. The van der Waals surface area contributed by atoms with Crippen molar-refractivity contribution in [1.82, 2.24) is 4.90 Å². The zero-order chi connectivity index (χ0) is 16.4. The number of carbonyl (C=O) groups is 2. The first kappa shape index (κ1) is 16.3. The number of carbonyl (C=O) groups excluding carboxylic acids is 1.